The molecule has 4 N–H and O–H groups in total. The molecule has 1 aliphatic heterocycles. The van der Waals surface area contributed by atoms with Crippen molar-refractivity contribution in [2.75, 3.05) is 11.4 Å². The molecule has 1 saturated heterocycles. The second kappa shape index (κ2) is 8.98. The summed E-state index contributed by atoms with van der Waals surface area (Å²) < 4.78 is 0. The van der Waals surface area contributed by atoms with E-state index in [1.807, 2.05) is 24.3 Å². The third-order valence-corrected chi connectivity index (χ3v) is 4.30. The highest BCUT2D eigenvalue weighted by molar-refractivity contribution is 5.98. The maximum Gasteiger partial charge on any atom is 0.305 e. The molecule has 2 unspecified atom stereocenters. The Kier molecular flexibility index (Phi) is 6.71. The van der Waals surface area contributed by atoms with Crippen LogP contribution in [0, 0.1) is 5.92 Å². The molecule has 1 aromatic rings. The zero-order valence-corrected chi connectivity index (χ0v) is 14.7. The van der Waals surface area contributed by atoms with Crippen LogP contribution in [0.25, 0.3) is 0 Å². The number of amides is 2. The van der Waals surface area contributed by atoms with Gasteiger partial charge in [0.1, 0.15) is 0 Å². The van der Waals surface area contributed by atoms with Gasteiger partial charge in [0, 0.05) is 30.6 Å². The van der Waals surface area contributed by atoms with Crippen molar-refractivity contribution in [3.63, 3.8) is 0 Å². The molecule has 0 radical (unpaired) electrons. The Bertz CT molecular complexity index is 687. The number of piperidine rings is 1. The average Bonchev–Trinajstić information content (AvgIpc) is 2.57. The molecule has 8 nitrogen and oxygen atoms in total. The minimum atomic E-state index is -0.971. The Labute approximate surface area is 152 Å². The second-order valence-corrected chi connectivity index (χ2v) is 6.47. The quantitative estimate of drug-likeness (QED) is 0.381. The van der Waals surface area contributed by atoms with Crippen molar-refractivity contribution in [3.8, 4) is 0 Å². The summed E-state index contributed by atoms with van der Waals surface area (Å²) in [4.78, 5) is 37.2. The molecular weight excluding hydrogens is 336 g/mol. The Morgan fingerprint density at radius 2 is 2.12 bits per heavy atom. The molecule has 1 heterocycles. The van der Waals surface area contributed by atoms with E-state index in [0.29, 0.717) is 13.0 Å². The minimum absolute atomic E-state index is 0.0667. The number of hydrogen-bond acceptors (Lipinski definition) is 5. The standard InChI is InChI=1S/C18H24N4O4/c1-12(9-17(24)25)21-16(23)10-14-3-2-8-22(18(14)26)15-6-4-13(5-7-15)11-20-19/h4-7,11-12,14H,2-3,8-10,19H2,1H3,(H,21,23)(H,24,25). The highest BCUT2D eigenvalue weighted by Gasteiger charge is 2.31. The van der Waals surface area contributed by atoms with E-state index < -0.39 is 17.9 Å². The predicted molar refractivity (Wildman–Crippen MR) is 97.8 cm³/mol. The number of aliphatic carboxylic acids is 1. The number of nitrogens with one attached hydrogen (secondary N) is 1. The van der Waals surface area contributed by atoms with Gasteiger partial charge in [-0.05, 0) is 37.5 Å². The number of nitrogens with zero attached hydrogens (tertiary/aromatic N) is 2. The van der Waals surface area contributed by atoms with Crippen LogP contribution < -0.4 is 16.1 Å². The first-order valence-corrected chi connectivity index (χ1v) is 8.56. The molecule has 26 heavy (non-hydrogen) atoms. The van der Waals surface area contributed by atoms with E-state index in [4.69, 9.17) is 10.9 Å². The van der Waals surface area contributed by atoms with Crippen LogP contribution in [0.3, 0.4) is 0 Å². The molecular formula is C18H24N4O4. The van der Waals surface area contributed by atoms with E-state index in [1.54, 1.807) is 11.8 Å². The lowest BCUT2D eigenvalue weighted by molar-refractivity contribution is -0.138. The van der Waals surface area contributed by atoms with Crippen LogP contribution in [0.15, 0.2) is 29.4 Å². The fourth-order valence-corrected chi connectivity index (χ4v) is 3.09. The predicted octanol–water partition coefficient (Wildman–Crippen LogP) is 1.09. The van der Waals surface area contributed by atoms with Crippen LogP contribution in [-0.4, -0.2) is 41.7 Å². The molecule has 0 aromatic heterocycles. The molecule has 140 valence electrons. The SMILES string of the molecule is CC(CC(=O)O)NC(=O)CC1CCCN(c2ccc(C=NN)cc2)C1=O. The van der Waals surface area contributed by atoms with Crippen molar-refractivity contribution in [1.29, 1.82) is 0 Å². The number of carboxylic acid groups (broad SMARTS) is 1. The van der Waals surface area contributed by atoms with Gasteiger partial charge in [-0.2, -0.15) is 5.10 Å². The number of hydrazone groups is 1. The number of carbonyl (C=O) groups excluding carboxylic acids is 2. The summed E-state index contributed by atoms with van der Waals surface area (Å²) in [6.45, 7) is 2.24. The van der Waals surface area contributed by atoms with Gasteiger partial charge < -0.3 is 21.2 Å². The van der Waals surface area contributed by atoms with E-state index in [9.17, 15) is 14.4 Å². The van der Waals surface area contributed by atoms with Gasteiger partial charge in [0.15, 0.2) is 0 Å². The number of carbonyl (C=O) groups is 3. The Hall–Kier alpha value is -2.90. The van der Waals surface area contributed by atoms with Crippen molar-refractivity contribution in [2.45, 2.75) is 38.6 Å². The summed E-state index contributed by atoms with van der Waals surface area (Å²) in [6, 6.07) is 6.83. The van der Waals surface area contributed by atoms with Crippen LogP contribution in [0.2, 0.25) is 0 Å². The van der Waals surface area contributed by atoms with E-state index in [-0.39, 0.29) is 24.7 Å². The lowest BCUT2D eigenvalue weighted by atomic mass is 9.92. The van der Waals surface area contributed by atoms with E-state index in [1.165, 1.54) is 6.21 Å². The van der Waals surface area contributed by atoms with Gasteiger partial charge in [0.2, 0.25) is 11.8 Å². The average molecular weight is 360 g/mol. The molecule has 8 heteroatoms. The molecule has 0 spiro atoms. The third-order valence-electron chi connectivity index (χ3n) is 4.30. The molecule has 0 bridgehead atoms. The van der Waals surface area contributed by atoms with Crippen molar-refractivity contribution >= 4 is 29.7 Å². The molecule has 2 rings (SSSR count). The molecule has 0 aliphatic carbocycles. The van der Waals surface area contributed by atoms with Gasteiger partial charge in [-0.1, -0.05) is 12.1 Å². The summed E-state index contributed by atoms with van der Waals surface area (Å²) in [7, 11) is 0. The van der Waals surface area contributed by atoms with Crippen LogP contribution in [0.1, 0.15) is 38.2 Å². The number of rotatable bonds is 7. The third kappa shape index (κ3) is 5.30. The normalized spacial score (nSPS) is 18.7. The first kappa shape index (κ1) is 19.4. The summed E-state index contributed by atoms with van der Waals surface area (Å²) in [5.41, 5.74) is 1.61. The Morgan fingerprint density at radius 3 is 2.73 bits per heavy atom. The Balaban J connectivity index is 1.98. The number of hydrogen-bond donors (Lipinski definition) is 3. The number of benzene rings is 1. The van der Waals surface area contributed by atoms with Crippen molar-refractivity contribution in [2.24, 2.45) is 16.9 Å². The van der Waals surface area contributed by atoms with Gasteiger partial charge in [-0.3, -0.25) is 14.4 Å². The summed E-state index contributed by atoms with van der Waals surface area (Å²) >= 11 is 0. The van der Waals surface area contributed by atoms with E-state index >= 15 is 0 Å². The maximum absolute atomic E-state index is 12.7. The van der Waals surface area contributed by atoms with Gasteiger partial charge in [0.05, 0.1) is 12.6 Å². The zero-order chi connectivity index (χ0) is 19.1. The van der Waals surface area contributed by atoms with Crippen LogP contribution >= 0.6 is 0 Å². The summed E-state index contributed by atoms with van der Waals surface area (Å²) in [5.74, 6) is 3.37. The van der Waals surface area contributed by atoms with Crippen LogP contribution in [-0.2, 0) is 14.4 Å². The summed E-state index contributed by atoms with van der Waals surface area (Å²) in [5, 5.41) is 14.8. The largest absolute Gasteiger partial charge is 0.481 e. The molecule has 1 aliphatic rings. The van der Waals surface area contributed by atoms with Gasteiger partial charge >= 0.3 is 5.97 Å². The minimum Gasteiger partial charge on any atom is -0.481 e. The first-order chi connectivity index (χ1) is 12.4. The molecule has 2 atom stereocenters. The highest BCUT2D eigenvalue weighted by Crippen LogP contribution is 2.26. The monoisotopic (exact) mass is 360 g/mol. The van der Waals surface area contributed by atoms with E-state index in [2.05, 4.69) is 10.4 Å². The number of anilines is 1. The smallest absolute Gasteiger partial charge is 0.305 e. The fourth-order valence-electron chi connectivity index (χ4n) is 3.09. The lowest BCUT2D eigenvalue weighted by Gasteiger charge is -2.32. The maximum atomic E-state index is 12.7. The van der Waals surface area contributed by atoms with Crippen LogP contribution in [0.4, 0.5) is 5.69 Å². The van der Waals surface area contributed by atoms with Crippen molar-refractivity contribution in [3.05, 3.63) is 29.8 Å². The van der Waals surface area contributed by atoms with Crippen molar-refractivity contribution in [1.82, 2.24) is 5.32 Å². The highest BCUT2D eigenvalue weighted by atomic mass is 16.4. The second-order valence-electron chi connectivity index (χ2n) is 6.47. The lowest BCUT2D eigenvalue weighted by Crippen LogP contribution is -2.44. The molecule has 2 amide bonds. The first-order valence-electron chi connectivity index (χ1n) is 8.56. The topological polar surface area (TPSA) is 125 Å². The fraction of sp³-hybridized carbons (Fsp3) is 0.444. The molecule has 1 aromatic carbocycles. The number of carboxylic acids is 1. The van der Waals surface area contributed by atoms with Gasteiger partial charge in [-0.25, -0.2) is 0 Å². The van der Waals surface area contributed by atoms with Gasteiger partial charge in [-0.15, -0.1) is 0 Å². The van der Waals surface area contributed by atoms with Crippen molar-refractivity contribution < 1.29 is 19.5 Å². The van der Waals surface area contributed by atoms with Crippen LogP contribution in [0.5, 0.6) is 0 Å². The number of nitrogens with two attached hydrogens (primary N) is 1. The zero-order valence-electron chi connectivity index (χ0n) is 14.7. The molecule has 0 saturated carbocycles. The van der Waals surface area contributed by atoms with Gasteiger partial charge in [0.25, 0.3) is 0 Å². The molecule has 1 fully saturated rings. The Morgan fingerprint density at radius 1 is 1.42 bits per heavy atom. The summed E-state index contributed by atoms with van der Waals surface area (Å²) in [6.07, 6.45) is 2.90. The van der Waals surface area contributed by atoms with E-state index in [0.717, 1.165) is 17.7 Å².